The standard InChI is InChI=1S/C30H44O11/c1-27-8-5-19-20(30(27,38)11-7-18(27)16-2-3-22(33)39-14-16)6-10-29(37)12-17(4-9-28(19,29)15-32)40-26-25(36)24(35)23(34)21(13-31)41-26/h2-3,14,17-21,23-26,31-32,34-38H,4-13,15H2,1H3/t17?,18-,19+,20-,21-,23-,24+,25-,26-,27-,28+,29?,30+/m1/s1. The van der Waals surface area contributed by atoms with E-state index in [-0.39, 0.29) is 30.8 Å². The lowest BCUT2D eigenvalue weighted by Crippen LogP contribution is -2.69. The summed E-state index contributed by atoms with van der Waals surface area (Å²) in [5.74, 6) is -0.186. The Hall–Kier alpha value is -1.41. The summed E-state index contributed by atoms with van der Waals surface area (Å²) in [4.78, 5) is 11.6. The minimum absolute atomic E-state index is 0.0337. The average molecular weight is 581 g/mol. The summed E-state index contributed by atoms with van der Waals surface area (Å²) < 4.78 is 16.7. The maximum Gasteiger partial charge on any atom is 0.335 e. The SMILES string of the molecule is C[C@]12CC[C@H]3[C@@H](CCC4(O)CC(O[C@@H]5O[C@H](CO)[C@@H](O)[C@H](O)[C@H]5O)CC[C@]34CO)[C@@]1(O)CC[C@@H]2c1ccc(=O)oc1. The van der Waals surface area contributed by atoms with Crippen molar-refractivity contribution in [3.05, 3.63) is 34.4 Å². The van der Waals surface area contributed by atoms with E-state index in [9.17, 15) is 40.5 Å². The van der Waals surface area contributed by atoms with Crippen molar-refractivity contribution < 1.29 is 49.6 Å². The largest absolute Gasteiger partial charge is 0.431 e. The summed E-state index contributed by atoms with van der Waals surface area (Å²) in [7, 11) is 0. The number of hydrogen-bond acceptors (Lipinski definition) is 11. The van der Waals surface area contributed by atoms with Crippen LogP contribution in [-0.4, -0.2) is 97.0 Å². The molecule has 5 fully saturated rings. The Balaban J connectivity index is 1.22. The lowest BCUT2D eigenvalue weighted by molar-refractivity contribution is -0.327. The Labute approximate surface area is 238 Å². The second-order valence-corrected chi connectivity index (χ2v) is 13.7. The second kappa shape index (κ2) is 10.3. The topological polar surface area (TPSA) is 190 Å². The van der Waals surface area contributed by atoms with Crippen molar-refractivity contribution in [3.8, 4) is 0 Å². The molecule has 11 nitrogen and oxygen atoms in total. The van der Waals surface area contributed by atoms with Crippen LogP contribution in [0.4, 0.5) is 0 Å². The van der Waals surface area contributed by atoms with Crippen molar-refractivity contribution in [2.75, 3.05) is 13.2 Å². The molecule has 1 aromatic heterocycles. The maximum absolute atomic E-state index is 12.4. The van der Waals surface area contributed by atoms with Gasteiger partial charge in [-0.15, -0.1) is 0 Å². The van der Waals surface area contributed by atoms with Crippen molar-refractivity contribution in [1.82, 2.24) is 0 Å². The van der Waals surface area contributed by atoms with Crippen LogP contribution in [0.15, 0.2) is 27.6 Å². The van der Waals surface area contributed by atoms with Gasteiger partial charge in [0.2, 0.25) is 0 Å². The van der Waals surface area contributed by atoms with E-state index in [2.05, 4.69) is 6.92 Å². The number of hydrogen-bond donors (Lipinski definition) is 7. The molecule has 41 heavy (non-hydrogen) atoms. The van der Waals surface area contributed by atoms with Crippen molar-refractivity contribution in [3.63, 3.8) is 0 Å². The first-order chi connectivity index (χ1) is 19.4. The molecule has 1 aromatic rings. The summed E-state index contributed by atoms with van der Waals surface area (Å²) in [6.45, 7) is 1.35. The van der Waals surface area contributed by atoms with E-state index in [1.54, 1.807) is 6.07 Å². The molecule has 1 aliphatic heterocycles. The Morgan fingerprint density at radius 3 is 2.37 bits per heavy atom. The highest BCUT2D eigenvalue weighted by atomic mass is 16.7. The highest BCUT2D eigenvalue weighted by Gasteiger charge is 2.71. The average Bonchev–Trinajstić information content (AvgIpc) is 3.24. The Bertz CT molecular complexity index is 1150. The minimum atomic E-state index is -1.55. The third-order valence-corrected chi connectivity index (χ3v) is 12.2. The smallest absolute Gasteiger partial charge is 0.335 e. The molecule has 0 bridgehead atoms. The molecule has 1 saturated heterocycles. The van der Waals surface area contributed by atoms with Crippen LogP contribution < -0.4 is 5.63 Å². The lowest BCUT2D eigenvalue weighted by Gasteiger charge is -2.66. The number of rotatable bonds is 5. The molecule has 6 rings (SSSR count). The van der Waals surface area contributed by atoms with Gasteiger partial charge in [0.05, 0.1) is 36.8 Å². The molecule has 0 amide bonds. The zero-order valence-corrected chi connectivity index (χ0v) is 23.5. The molecular weight excluding hydrogens is 536 g/mol. The molecule has 2 heterocycles. The van der Waals surface area contributed by atoms with Crippen LogP contribution in [0.1, 0.15) is 76.2 Å². The van der Waals surface area contributed by atoms with Crippen LogP contribution >= 0.6 is 0 Å². The summed E-state index contributed by atoms with van der Waals surface area (Å²) in [5.41, 5.74) is -3.03. The predicted octanol–water partition coefficient (Wildman–Crippen LogP) is 0.153. The number of aliphatic hydroxyl groups is 7. The van der Waals surface area contributed by atoms with Crippen molar-refractivity contribution in [2.45, 2.75) is 119 Å². The molecule has 2 unspecified atom stereocenters. The van der Waals surface area contributed by atoms with Crippen LogP contribution in [0.25, 0.3) is 0 Å². The maximum atomic E-state index is 12.4. The highest BCUT2D eigenvalue weighted by Crippen LogP contribution is 2.71. The molecule has 230 valence electrons. The highest BCUT2D eigenvalue weighted by molar-refractivity contribution is 5.28. The molecule has 5 aliphatic rings. The fourth-order valence-electron chi connectivity index (χ4n) is 9.90. The van der Waals surface area contributed by atoms with Crippen molar-refractivity contribution in [1.29, 1.82) is 0 Å². The second-order valence-electron chi connectivity index (χ2n) is 13.7. The van der Waals surface area contributed by atoms with E-state index in [0.717, 1.165) is 18.4 Å². The first-order valence-corrected chi connectivity index (χ1v) is 15.0. The molecule has 0 aromatic carbocycles. The molecular formula is C30H44O11. The fraction of sp³-hybridized carbons (Fsp3) is 0.833. The summed E-state index contributed by atoms with van der Waals surface area (Å²) in [6.07, 6.45) is -1.13. The fourth-order valence-corrected chi connectivity index (χ4v) is 9.90. The molecule has 4 aliphatic carbocycles. The van der Waals surface area contributed by atoms with Crippen LogP contribution in [0.5, 0.6) is 0 Å². The van der Waals surface area contributed by atoms with E-state index in [1.807, 2.05) is 0 Å². The summed E-state index contributed by atoms with van der Waals surface area (Å²) in [5, 5.41) is 75.8. The van der Waals surface area contributed by atoms with E-state index in [1.165, 1.54) is 12.3 Å². The van der Waals surface area contributed by atoms with E-state index in [4.69, 9.17) is 13.9 Å². The van der Waals surface area contributed by atoms with E-state index >= 15 is 0 Å². The normalized spacial score (nSPS) is 51.5. The predicted molar refractivity (Wildman–Crippen MR) is 142 cm³/mol. The van der Waals surface area contributed by atoms with Crippen LogP contribution in [0, 0.1) is 22.7 Å². The molecule has 11 heteroatoms. The first-order valence-electron chi connectivity index (χ1n) is 15.0. The summed E-state index contributed by atoms with van der Waals surface area (Å²) in [6, 6.07) is 3.22. The van der Waals surface area contributed by atoms with Crippen LogP contribution in [0.3, 0.4) is 0 Å². The van der Waals surface area contributed by atoms with Gasteiger partial charge in [-0.1, -0.05) is 6.92 Å². The van der Waals surface area contributed by atoms with Gasteiger partial charge in [-0.25, -0.2) is 4.79 Å². The van der Waals surface area contributed by atoms with Crippen LogP contribution in [-0.2, 0) is 9.47 Å². The van der Waals surface area contributed by atoms with E-state index in [0.29, 0.717) is 38.5 Å². The van der Waals surface area contributed by atoms with Gasteiger partial charge in [-0.2, -0.15) is 0 Å². The molecule has 13 atom stereocenters. The third-order valence-electron chi connectivity index (χ3n) is 12.2. The zero-order valence-electron chi connectivity index (χ0n) is 23.5. The molecule has 0 radical (unpaired) electrons. The summed E-state index contributed by atoms with van der Waals surface area (Å²) >= 11 is 0. The first kappa shape index (κ1) is 29.7. The molecule has 0 spiro atoms. The van der Waals surface area contributed by atoms with Gasteiger partial charge >= 0.3 is 5.63 Å². The number of fused-ring (bicyclic) bond motifs is 5. The van der Waals surface area contributed by atoms with Gasteiger partial charge in [0.25, 0.3) is 0 Å². The Morgan fingerprint density at radius 1 is 0.927 bits per heavy atom. The number of ether oxygens (including phenoxy) is 2. The van der Waals surface area contributed by atoms with Gasteiger partial charge in [-0.3, -0.25) is 0 Å². The van der Waals surface area contributed by atoms with Crippen LogP contribution in [0.2, 0.25) is 0 Å². The molecule has 4 saturated carbocycles. The van der Waals surface area contributed by atoms with Gasteiger partial charge < -0.3 is 49.6 Å². The van der Waals surface area contributed by atoms with Crippen molar-refractivity contribution >= 4 is 0 Å². The number of aliphatic hydroxyl groups excluding tert-OH is 5. The third kappa shape index (κ3) is 4.22. The quantitative estimate of drug-likeness (QED) is 0.235. The Kier molecular flexibility index (Phi) is 7.48. The van der Waals surface area contributed by atoms with Gasteiger partial charge in [-0.05, 0) is 80.8 Å². The van der Waals surface area contributed by atoms with Gasteiger partial charge in [0, 0.05) is 23.3 Å². The zero-order chi connectivity index (χ0) is 29.4. The Morgan fingerprint density at radius 2 is 1.68 bits per heavy atom. The molecule has 7 N–H and O–H groups in total. The van der Waals surface area contributed by atoms with E-state index < -0.39 is 71.1 Å². The minimum Gasteiger partial charge on any atom is -0.431 e. The van der Waals surface area contributed by atoms with Gasteiger partial charge in [0.15, 0.2) is 6.29 Å². The monoisotopic (exact) mass is 580 g/mol. The van der Waals surface area contributed by atoms with Gasteiger partial charge in [0.1, 0.15) is 24.4 Å². The van der Waals surface area contributed by atoms with Crippen molar-refractivity contribution in [2.24, 2.45) is 22.7 Å². The lowest BCUT2D eigenvalue weighted by atomic mass is 9.41.